The van der Waals surface area contributed by atoms with E-state index in [4.69, 9.17) is 10.00 Å². The van der Waals surface area contributed by atoms with E-state index in [2.05, 4.69) is 0 Å². The standard InChI is InChI=1S/C10H6FNOS/c1-13-9-4-8(11)6-2-3-14-10(6)7(9)5-12/h2-4H,1H3. The number of methoxy groups -OCH3 is 1. The van der Waals surface area contributed by atoms with Crippen LogP contribution in [-0.4, -0.2) is 7.11 Å². The first-order valence-corrected chi connectivity index (χ1v) is 4.79. The number of thiophene rings is 1. The Morgan fingerprint density at radius 1 is 1.57 bits per heavy atom. The Hall–Kier alpha value is -1.60. The lowest BCUT2D eigenvalue weighted by Gasteiger charge is -2.03. The lowest BCUT2D eigenvalue weighted by atomic mass is 10.1. The normalized spacial score (nSPS) is 10.1. The number of nitrogens with zero attached hydrogens (tertiary/aromatic N) is 1. The fraction of sp³-hybridized carbons (Fsp3) is 0.100. The van der Waals surface area contributed by atoms with Crippen LogP contribution in [0.3, 0.4) is 0 Å². The number of hydrogen-bond acceptors (Lipinski definition) is 3. The number of fused-ring (bicyclic) bond motifs is 1. The van der Waals surface area contributed by atoms with E-state index in [0.29, 0.717) is 21.4 Å². The molecule has 2 nitrogen and oxygen atoms in total. The molecule has 0 aliphatic carbocycles. The molecular formula is C10H6FNOS. The smallest absolute Gasteiger partial charge is 0.141 e. The number of halogens is 1. The van der Waals surface area contributed by atoms with Crippen LogP contribution in [0.2, 0.25) is 0 Å². The van der Waals surface area contributed by atoms with Gasteiger partial charge in [-0.05, 0) is 11.4 Å². The maximum Gasteiger partial charge on any atom is 0.141 e. The summed E-state index contributed by atoms with van der Waals surface area (Å²) >= 11 is 1.34. The van der Waals surface area contributed by atoms with Crippen molar-refractivity contribution in [1.82, 2.24) is 0 Å². The van der Waals surface area contributed by atoms with E-state index in [1.54, 1.807) is 11.4 Å². The lowest BCUT2D eigenvalue weighted by Crippen LogP contribution is -1.89. The molecule has 0 aliphatic rings. The van der Waals surface area contributed by atoms with Crippen molar-refractivity contribution in [1.29, 1.82) is 5.26 Å². The van der Waals surface area contributed by atoms with Crippen molar-refractivity contribution in [2.75, 3.05) is 7.11 Å². The summed E-state index contributed by atoms with van der Waals surface area (Å²) in [7, 11) is 1.43. The molecule has 0 bridgehead atoms. The van der Waals surface area contributed by atoms with Crippen molar-refractivity contribution in [2.45, 2.75) is 0 Å². The zero-order valence-electron chi connectivity index (χ0n) is 7.37. The Kier molecular flexibility index (Phi) is 2.10. The zero-order valence-corrected chi connectivity index (χ0v) is 8.19. The average molecular weight is 207 g/mol. The molecule has 0 fully saturated rings. The fourth-order valence-electron chi connectivity index (χ4n) is 1.33. The third-order valence-electron chi connectivity index (χ3n) is 1.99. The van der Waals surface area contributed by atoms with Crippen molar-refractivity contribution in [3.8, 4) is 11.8 Å². The van der Waals surface area contributed by atoms with Crippen molar-refractivity contribution < 1.29 is 9.13 Å². The Morgan fingerprint density at radius 3 is 3.00 bits per heavy atom. The topological polar surface area (TPSA) is 33.0 Å². The van der Waals surface area contributed by atoms with Crippen LogP contribution in [0.4, 0.5) is 4.39 Å². The Morgan fingerprint density at radius 2 is 2.36 bits per heavy atom. The summed E-state index contributed by atoms with van der Waals surface area (Å²) in [6.45, 7) is 0. The average Bonchev–Trinajstić information content (AvgIpc) is 2.66. The van der Waals surface area contributed by atoms with E-state index in [1.165, 1.54) is 24.5 Å². The molecule has 0 aliphatic heterocycles. The van der Waals surface area contributed by atoms with Crippen molar-refractivity contribution in [3.63, 3.8) is 0 Å². The van der Waals surface area contributed by atoms with Crippen LogP contribution in [0.25, 0.3) is 10.1 Å². The van der Waals surface area contributed by atoms with E-state index < -0.39 is 0 Å². The van der Waals surface area contributed by atoms with Crippen LogP contribution in [-0.2, 0) is 0 Å². The van der Waals surface area contributed by atoms with Gasteiger partial charge < -0.3 is 4.74 Å². The van der Waals surface area contributed by atoms with E-state index in [0.717, 1.165) is 0 Å². The molecule has 0 unspecified atom stereocenters. The number of hydrogen-bond donors (Lipinski definition) is 0. The SMILES string of the molecule is COc1cc(F)c2ccsc2c1C#N. The van der Waals surface area contributed by atoms with Gasteiger partial charge in [0.15, 0.2) is 0 Å². The number of ether oxygens (including phenoxy) is 1. The van der Waals surface area contributed by atoms with Gasteiger partial charge in [0.25, 0.3) is 0 Å². The van der Waals surface area contributed by atoms with Crippen molar-refractivity contribution >= 4 is 21.4 Å². The van der Waals surface area contributed by atoms with E-state index in [-0.39, 0.29) is 5.82 Å². The van der Waals surface area contributed by atoms with Gasteiger partial charge in [0, 0.05) is 11.5 Å². The monoisotopic (exact) mass is 207 g/mol. The maximum absolute atomic E-state index is 13.4. The van der Waals surface area contributed by atoms with Gasteiger partial charge in [-0.25, -0.2) is 4.39 Å². The van der Waals surface area contributed by atoms with Crippen molar-refractivity contribution in [2.24, 2.45) is 0 Å². The number of nitriles is 1. The second-order valence-electron chi connectivity index (χ2n) is 2.71. The second-order valence-corrected chi connectivity index (χ2v) is 3.63. The van der Waals surface area contributed by atoms with E-state index in [9.17, 15) is 4.39 Å². The van der Waals surface area contributed by atoms with Gasteiger partial charge in [-0.1, -0.05) is 0 Å². The molecule has 2 aromatic rings. The minimum atomic E-state index is -0.350. The van der Waals surface area contributed by atoms with Gasteiger partial charge in [0.05, 0.1) is 11.8 Å². The predicted octanol–water partition coefficient (Wildman–Crippen LogP) is 2.92. The van der Waals surface area contributed by atoms with Crippen LogP contribution in [0.15, 0.2) is 17.5 Å². The van der Waals surface area contributed by atoms with Gasteiger partial charge in [-0.2, -0.15) is 5.26 Å². The number of benzene rings is 1. The molecule has 0 spiro atoms. The molecule has 70 valence electrons. The summed E-state index contributed by atoms with van der Waals surface area (Å²) in [5.41, 5.74) is 0.402. The first-order chi connectivity index (χ1) is 6.77. The minimum absolute atomic E-state index is 0.292. The predicted molar refractivity (Wildman–Crippen MR) is 53.1 cm³/mol. The molecular weight excluding hydrogens is 201 g/mol. The largest absolute Gasteiger partial charge is 0.495 e. The summed E-state index contributed by atoms with van der Waals surface area (Å²) < 4.78 is 19.0. The summed E-state index contributed by atoms with van der Waals surface area (Å²) in [6, 6.07) is 4.93. The maximum atomic E-state index is 13.4. The minimum Gasteiger partial charge on any atom is -0.495 e. The van der Waals surface area contributed by atoms with Crippen LogP contribution >= 0.6 is 11.3 Å². The van der Waals surface area contributed by atoms with Gasteiger partial charge in [-0.3, -0.25) is 0 Å². The molecule has 0 N–H and O–H groups in total. The van der Waals surface area contributed by atoms with Crippen LogP contribution in [0, 0.1) is 17.1 Å². The van der Waals surface area contributed by atoms with Crippen LogP contribution in [0.1, 0.15) is 5.56 Å². The molecule has 0 atom stereocenters. The van der Waals surface area contributed by atoms with Crippen LogP contribution < -0.4 is 4.74 Å². The van der Waals surface area contributed by atoms with Gasteiger partial charge >= 0.3 is 0 Å². The first kappa shape index (κ1) is 8.97. The molecule has 14 heavy (non-hydrogen) atoms. The summed E-state index contributed by atoms with van der Waals surface area (Å²) in [5, 5.41) is 11.1. The molecule has 0 radical (unpaired) electrons. The summed E-state index contributed by atoms with van der Waals surface area (Å²) in [4.78, 5) is 0. The number of rotatable bonds is 1. The van der Waals surface area contributed by atoms with Crippen molar-refractivity contribution in [3.05, 3.63) is 28.9 Å². The third kappa shape index (κ3) is 1.14. The van der Waals surface area contributed by atoms with Crippen LogP contribution in [0.5, 0.6) is 5.75 Å². The highest BCUT2D eigenvalue weighted by atomic mass is 32.1. The molecule has 0 saturated heterocycles. The molecule has 0 saturated carbocycles. The summed E-state index contributed by atoms with van der Waals surface area (Å²) in [6.07, 6.45) is 0. The lowest BCUT2D eigenvalue weighted by molar-refractivity contribution is 0.411. The molecule has 1 aromatic carbocycles. The third-order valence-corrected chi connectivity index (χ3v) is 2.92. The quantitative estimate of drug-likeness (QED) is 0.720. The molecule has 1 heterocycles. The molecule has 0 amide bonds. The van der Waals surface area contributed by atoms with Gasteiger partial charge in [-0.15, -0.1) is 11.3 Å². The zero-order chi connectivity index (χ0) is 10.1. The van der Waals surface area contributed by atoms with E-state index in [1.807, 2.05) is 6.07 Å². The highest BCUT2D eigenvalue weighted by molar-refractivity contribution is 7.17. The molecule has 1 aromatic heterocycles. The Labute approximate surface area is 84.2 Å². The second kappa shape index (κ2) is 3.28. The molecule has 4 heteroatoms. The Bertz CT molecular complexity index is 527. The summed E-state index contributed by atoms with van der Waals surface area (Å²) in [5.74, 6) is -0.0583. The van der Waals surface area contributed by atoms with Gasteiger partial charge in [0.1, 0.15) is 23.2 Å². The molecule has 2 rings (SSSR count). The highest BCUT2D eigenvalue weighted by Crippen LogP contribution is 2.33. The Balaban J connectivity index is 2.91. The van der Waals surface area contributed by atoms with Gasteiger partial charge in [0.2, 0.25) is 0 Å². The fourth-order valence-corrected chi connectivity index (χ4v) is 2.23. The van der Waals surface area contributed by atoms with E-state index >= 15 is 0 Å². The first-order valence-electron chi connectivity index (χ1n) is 3.91. The highest BCUT2D eigenvalue weighted by Gasteiger charge is 2.13.